The fraction of sp³-hybridized carbons (Fsp3) is 0.286. The highest BCUT2D eigenvalue weighted by Crippen LogP contribution is 2.35. The van der Waals surface area contributed by atoms with E-state index in [0.717, 1.165) is 36.0 Å². The Kier molecular flexibility index (Phi) is 2.44. The SMILES string of the molecule is C[C@H]1CN(C=O)c2c(C=O)c3ccccc3n2C1. The van der Waals surface area contributed by atoms with Gasteiger partial charge in [-0.15, -0.1) is 0 Å². The standard InChI is InChI=1S/C14H14N2O2/c1-10-6-15(9-18)14-12(8-17)11-4-2-3-5-13(11)16(14)7-10/h2-5,8-10H,6-7H2,1H3/t10-/m0/s1. The Labute approximate surface area is 105 Å². The summed E-state index contributed by atoms with van der Waals surface area (Å²) in [7, 11) is 0. The molecule has 1 aromatic carbocycles. The monoisotopic (exact) mass is 242 g/mol. The largest absolute Gasteiger partial charge is 0.326 e. The summed E-state index contributed by atoms with van der Waals surface area (Å²) in [5.74, 6) is 1.12. The molecule has 0 fully saturated rings. The average Bonchev–Trinajstić information content (AvgIpc) is 2.72. The van der Waals surface area contributed by atoms with Gasteiger partial charge < -0.3 is 4.57 Å². The number of para-hydroxylation sites is 1. The third-order valence-corrected chi connectivity index (χ3v) is 3.50. The van der Waals surface area contributed by atoms with Crippen molar-refractivity contribution in [1.82, 2.24) is 4.57 Å². The summed E-state index contributed by atoms with van der Waals surface area (Å²) in [6, 6.07) is 7.79. The molecule has 1 aliphatic rings. The smallest absolute Gasteiger partial charge is 0.215 e. The quantitative estimate of drug-likeness (QED) is 0.756. The van der Waals surface area contributed by atoms with E-state index in [1.165, 1.54) is 0 Å². The predicted molar refractivity (Wildman–Crippen MR) is 69.9 cm³/mol. The molecule has 0 saturated heterocycles. The summed E-state index contributed by atoms with van der Waals surface area (Å²) in [5.41, 5.74) is 1.64. The molecule has 1 aliphatic heterocycles. The third kappa shape index (κ3) is 1.38. The molecule has 0 radical (unpaired) electrons. The summed E-state index contributed by atoms with van der Waals surface area (Å²) in [5, 5.41) is 0.920. The normalized spacial score (nSPS) is 18.7. The molecule has 2 heterocycles. The molecule has 0 aliphatic carbocycles. The van der Waals surface area contributed by atoms with Gasteiger partial charge in [-0.3, -0.25) is 14.5 Å². The number of carbonyl (C=O) groups excluding carboxylic acids is 2. The summed E-state index contributed by atoms with van der Waals surface area (Å²) in [6.45, 7) is 3.61. The number of benzene rings is 1. The predicted octanol–water partition coefficient (Wildman–Crippen LogP) is 2.07. The summed E-state index contributed by atoms with van der Waals surface area (Å²) < 4.78 is 2.07. The highest BCUT2D eigenvalue weighted by molar-refractivity contribution is 6.06. The molecule has 0 unspecified atom stereocenters. The highest BCUT2D eigenvalue weighted by Gasteiger charge is 2.27. The van der Waals surface area contributed by atoms with E-state index >= 15 is 0 Å². The fourth-order valence-corrected chi connectivity index (χ4v) is 2.81. The van der Waals surface area contributed by atoms with Gasteiger partial charge in [0.15, 0.2) is 6.29 Å². The zero-order valence-electron chi connectivity index (χ0n) is 10.2. The zero-order chi connectivity index (χ0) is 12.7. The number of amides is 1. The molecule has 18 heavy (non-hydrogen) atoms. The minimum absolute atomic E-state index is 0.387. The Balaban J connectivity index is 2.38. The van der Waals surface area contributed by atoms with E-state index in [1.54, 1.807) is 4.90 Å². The van der Waals surface area contributed by atoms with Crippen LogP contribution in [-0.2, 0) is 11.3 Å². The molecule has 0 spiro atoms. The van der Waals surface area contributed by atoms with Gasteiger partial charge in [-0.05, 0) is 12.0 Å². The van der Waals surface area contributed by atoms with Crippen molar-refractivity contribution in [2.45, 2.75) is 13.5 Å². The van der Waals surface area contributed by atoms with Gasteiger partial charge in [0.25, 0.3) is 0 Å². The molecule has 1 aromatic heterocycles. The molecule has 4 nitrogen and oxygen atoms in total. The second-order valence-corrected chi connectivity index (χ2v) is 4.85. The number of aldehydes is 1. The van der Waals surface area contributed by atoms with Crippen molar-refractivity contribution >= 4 is 29.4 Å². The van der Waals surface area contributed by atoms with Crippen LogP contribution in [-0.4, -0.2) is 23.8 Å². The lowest BCUT2D eigenvalue weighted by Gasteiger charge is -2.30. The van der Waals surface area contributed by atoms with E-state index in [0.29, 0.717) is 18.0 Å². The van der Waals surface area contributed by atoms with Gasteiger partial charge in [0.05, 0.1) is 11.1 Å². The number of fused-ring (bicyclic) bond motifs is 3. The number of hydrogen-bond acceptors (Lipinski definition) is 2. The third-order valence-electron chi connectivity index (χ3n) is 3.50. The number of carbonyl (C=O) groups is 2. The van der Waals surface area contributed by atoms with E-state index < -0.39 is 0 Å². The van der Waals surface area contributed by atoms with Crippen LogP contribution in [0.4, 0.5) is 5.82 Å². The van der Waals surface area contributed by atoms with Crippen molar-refractivity contribution in [3.05, 3.63) is 29.8 Å². The van der Waals surface area contributed by atoms with Gasteiger partial charge in [0, 0.05) is 18.5 Å². The van der Waals surface area contributed by atoms with Crippen LogP contribution >= 0.6 is 0 Å². The molecule has 0 saturated carbocycles. The van der Waals surface area contributed by atoms with Crippen LogP contribution in [0.3, 0.4) is 0 Å². The molecule has 2 aromatic rings. The molecule has 92 valence electrons. The zero-order valence-corrected chi connectivity index (χ0v) is 10.2. The molecule has 4 heteroatoms. The first kappa shape index (κ1) is 11.0. The van der Waals surface area contributed by atoms with Crippen molar-refractivity contribution in [2.75, 3.05) is 11.4 Å². The summed E-state index contributed by atoms with van der Waals surface area (Å²) >= 11 is 0. The topological polar surface area (TPSA) is 42.3 Å². The molecule has 1 atom stereocenters. The van der Waals surface area contributed by atoms with E-state index in [9.17, 15) is 9.59 Å². The van der Waals surface area contributed by atoms with Crippen LogP contribution in [0.1, 0.15) is 17.3 Å². The Bertz CT molecular complexity index is 630. The minimum Gasteiger partial charge on any atom is -0.326 e. The number of hydrogen-bond donors (Lipinski definition) is 0. The van der Waals surface area contributed by atoms with Crippen LogP contribution in [0.15, 0.2) is 24.3 Å². The van der Waals surface area contributed by atoms with Crippen LogP contribution < -0.4 is 4.90 Å². The van der Waals surface area contributed by atoms with E-state index in [4.69, 9.17) is 0 Å². The first-order valence-electron chi connectivity index (χ1n) is 6.04. The average molecular weight is 242 g/mol. The molecule has 1 amide bonds. The van der Waals surface area contributed by atoms with E-state index in [-0.39, 0.29) is 0 Å². The van der Waals surface area contributed by atoms with Crippen molar-refractivity contribution in [3.63, 3.8) is 0 Å². The number of aromatic nitrogens is 1. The number of anilines is 1. The number of nitrogens with zero attached hydrogens (tertiary/aromatic N) is 2. The lowest BCUT2D eigenvalue weighted by atomic mass is 10.1. The molecular formula is C14H14N2O2. The fourth-order valence-electron chi connectivity index (χ4n) is 2.81. The summed E-state index contributed by atoms with van der Waals surface area (Å²) in [6.07, 6.45) is 1.66. The maximum Gasteiger partial charge on any atom is 0.215 e. The van der Waals surface area contributed by atoms with Crippen LogP contribution in [0, 0.1) is 5.92 Å². The second kappa shape index (κ2) is 3.98. The van der Waals surface area contributed by atoms with Gasteiger partial charge in [0.2, 0.25) is 6.41 Å². The Morgan fingerprint density at radius 3 is 2.72 bits per heavy atom. The molecule has 0 bridgehead atoms. The molecule has 0 N–H and O–H groups in total. The van der Waals surface area contributed by atoms with Gasteiger partial charge in [0.1, 0.15) is 5.82 Å². The van der Waals surface area contributed by atoms with E-state index in [1.807, 2.05) is 24.3 Å². The van der Waals surface area contributed by atoms with Gasteiger partial charge in [-0.25, -0.2) is 0 Å². The minimum atomic E-state index is 0.387. The van der Waals surface area contributed by atoms with Crippen LogP contribution in [0.25, 0.3) is 10.9 Å². The van der Waals surface area contributed by atoms with Crippen LogP contribution in [0.2, 0.25) is 0 Å². The summed E-state index contributed by atoms with van der Waals surface area (Å²) in [4.78, 5) is 24.2. The van der Waals surface area contributed by atoms with Crippen LogP contribution in [0.5, 0.6) is 0 Å². The van der Waals surface area contributed by atoms with E-state index in [2.05, 4.69) is 11.5 Å². The van der Waals surface area contributed by atoms with Gasteiger partial charge in [-0.2, -0.15) is 0 Å². The Morgan fingerprint density at radius 2 is 2.00 bits per heavy atom. The first-order chi connectivity index (χ1) is 8.76. The second-order valence-electron chi connectivity index (χ2n) is 4.85. The first-order valence-corrected chi connectivity index (χ1v) is 6.04. The van der Waals surface area contributed by atoms with Crippen molar-refractivity contribution in [1.29, 1.82) is 0 Å². The highest BCUT2D eigenvalue weighted by atomic mass is 16.1. The molecular weight excluding hydrogens is 228 g/mol. The van der Waals surface area contributed by atoms with Gasteiger partial charge >= 0.3 is 0 Å². The lowest BCUT2D eigenvalue weighted by Crippen LogP contribution is -2.36. The Morgan fingerprint density at radius 1 is 1.22 bits per heavy atom. The maximum atomic E-state index is 11.3. The lowest BCUT2D eigenvalue weighted by molar-refractivity contribution is -0.107. The number of rotatable bonds is 2. The van der Waals surface area contributed by atoms with Crippen molar-refractivity contribution < 1.29 is 9.59 Å². The maximum absolute atomic E-state index is 11.3. The van der Waals surface area contributed by atoms with Gasteiger partial charge in [-0.1, -0.05) is 25.1 Å². The van der Waals surface area contributed by atoms with Crippen molar-refractivity contribution in [2.24, 2.45) is 5.92 Å². The Hall–Kier alpha value is -2.10. The molecule has 3 rings (SSSR count). The van der Waals surface area contributed by atoms with Crippen molar-refractivity contribution in [3.8, 4) is 0 Å².